The van der Waals surface area contributed by atoms with Gasteiger partial charge in [0.25, 0.3) is 0 Å². The first-order chi connectivity index (χ1) is 10.8. The van der Waals surface area contributed by atoms with E-state index in [9.17, 15) is 5.11 Å². The molecule has 1 aromatic carbocycles. The SMILES string of the molecule is Oc1ccc(Cc2cnc3ccc(-c4ccc[nH]4)nn23)cc1. The quantitative estimate of drug-likeness (QED) is 0.609. The zero-order valence-corrected chi connectivity index (χ0v) is 11.8. The minimum absolute atomic E-state index is 0.272. The molecule has 0 amide bonds. The maximum Gasteiger partial charge on any atom is 0.153 e. The lowest BCUT2D eigenvalue weighted by Gasteiger charge is -2.04. The molecule has 4 aromatic rings. The Hall–Kier alpha value is -3.08. The van der Waals surface area contributed by atoms with E-state index in [0.717, 1.165) is 28.3 Å². The van der Waals surface area contributed by atoms with Crippen LogP contribution in [-0.2, 0) is 6.42 Å². The standard InChI is InChI=1S/C17H14N4O/c22-14-5-3-12(4-6-14)10-13-11-19-17-8-7-16(20-21(13)17)15-2-1-9-18-15/h1-9,11,18,22H,10H2. The van der Waals surface area contributed by atoms with Gasteiger partial charge in [-0.1, -0.05) is 12.1 Å². The Kier molecular flexibility index (Phi) is 2.89. The number of hydrogen-bond acceptors (Lipinski definition) is 3. The Labute approximate surface area is 126 Å². The number of rotatable bonds is 3. The number of H-pyrrole nitrogens is 1. The van der Waals surface area contributed by atoms with Gasteiger partial charge >= 0.3 is 0 Å². The first-order valence-electron chi connectivity index (χ1n) is 7.05. The van der Waals surface area contributed by atoms with Crippen molar-refractivity contribution in [2.24, 2.45) is 0 Å². The fraction of sp³-hybridized carbons (Fsp3) is 0.0588. The monoisotopic (exact) mass is 290 g/mol. The van der Waals surface area contributed by atoms with Gasteiger partial charge in [-0.15, -0.1) is 0 Å². The molecule has 0 saturated heterocycles. The molecule has 0 atom stereocenters. The van der Waals surface area contributed by atoms with Crippen LogP contribution < -0.4 is 0 Å². The maximum atomic E-state index is 9.36. The number of aromatic hydroxyl groups is 1. The minimum atomic E-state index is 0.272. The van der Waals surface area contributed by atoms with Crippen molar-refractivity contribution in [1.82, 2.24) is 19.6 Å². The number of aromatic nitrogens is 4. The predicted octanol–water partition coefficient (Wildman–Crippen LogP) is 3.02. The molecule has 4 rings (SSSR count). The lowest BCUT2D eigenvalue weighted by Crippen LogP contribution is -2.00. The summed E-state index contributed by atoms with van der Waals surface area (Å²) in [5.74, 6) is 0.272. The van der Waals surface area contributed by atoms with Crippen molar-refractivity contribution in [2.75, 3.05) is 0 Å². The highest BCUT2D eigenvalue weighted by atomic mass is 16.3. The van der Waals surface area contributed by atoms with E-state index in [0.29, 0.717) is 6.42 Å². The summed E-state index contributed by atoms with van der Waals surface area (Å²) in [5, 5.41) is 14.0. The Morgan fingerprint density at radius 3 is 2.68 bits per heavy atom. The summed E-state index contributed by atoms with van der Waals surface area (Å²) >= 11 is 0. The van der Waals surface area contributed by atoms with Gasteiger partial charge in [-0.25, -0.2) is 9.50 Å². The van der Waals surface area contributed by atoms with Gasteiger partial charge in [0.05, 0.1) is 17.6 Å². The molecule has 0 aliphatic rings. The number of fused-ring (bicyclic) bond motifs is 1. The van der Waals surface area contributed by atoms with E-state index in [2.05, 4.69) is 15.1 Å². The summed E-state index contributed by atoms with van der Waals surface area (Å²) in [6.07, 6.45) is 4.43. The average molecular weight is 290 g/mol. The van der Waals surface area contributed by atoms with Gasteiger partial charge in [0.15, 0.2) is 5.65 Å². The Morgan fingerprint density at radius 1 is 1.05 bits per heavy atom. The molecule has 108 valence electrons. The molecule has 3 aromatic heterocycles. The van der Waals surface area contributed by atoms with Crippen LogP contribution in [0.1, 0.15) is 11.3 Å². The summed E-state index contributed by atoms with van der Waals surface area (Å²) in [4.78, 5) is 7.56. The number of benzene rings is 1. The van der Waals surface area contributed by atoms with Crippen LogP contribution in [0.3, 0.4) is 0 Å². The lowest BCUT2D eigenvalue weighted by atomic mass is 10.1. The van der Waals surface area contributed by atoms with Crippen LogP contribution in [0.5, 0.6) is 5.75 Å². The normalized spacial score (nSPS) is 11.1. The summed E-state index contributed by atoms with van der Waals surface area (Å²) in [6, 6.07) is 15.1. The molecule has 0 radical (unpaired) electrons. The predicted molar refractivity (Wildman–Crippen MR) is 83.7 cm³/mol. The number of phenols is 1. The largest absolute Gasteiger partial charge is 0.508 e. The van der Waals surface area contributed by atoms with Gasteiger partial charge in [0, 0.05) is 12.6 Å². The van der Waals surface area contributed by atoms with Gasteiger partial charge in [0.2, 0.25) is 0 Å². The Bertz CT molecular complexity index is 908. The van der Waals surface area contributed by atoms with Gasteiger partial charge in [-0.3, -0.25) is 0 Å². The molecule has 5 nitrogen and oxygen atoms in total. The van der Waals surface area contributed by atoms with E-state index in [4.69, 9.17) is 0 Å². The summed E-state index contributed by atoms with van der Waals surface area (Å²) in [6.45, 7) is 0. The molecule has 0 bridgehead atoms. The van der Waals surface area contributed by atoms with Crippen molar-refractivity contribution >= 4 is 5.65 Å². The lowest BCUT2D eigenvalue weighted by molar-refractivity contribution is 0.475. The van der Waals surface area contributed by atoms with Crippen molar-refractivity contribution in [3.63, 3.8) is 0 Å². The molecule has 0 spiro atoms. The maximum absolute atomic E-state index is 9.36. The zero-order valence-electron chi connectivity index (χ0n) is 11.8. The Morgan fingerprint density at radius 2 is 1.91 bits per heavy atom. The summed E-state index contributed by atoms with van der Waals surface area (Å²) < 4.78 is 1.86. The molecular weight excluding hydrogens is 276 g/mol. The highest BCUT2D eigenvalue weighted by Crippen LogP contribution is 2.18. The molecule has 0 aliphatic heterocycles. The van der Waals surface area contributed by atoms with Crippen LogP contribution in [0.4, 0.5) is 0 Å². The number of nitrogens with zero attached hydrogens (tertiary/aromatic N) is 3. The molecule has 5 heteroatoms. The van der Waals surface area contributed by atoms with Gasteiger partial charge in [0.1, 0.15) is 11.4 Å². The van der Waals surface area contributed by atoms with Crippen molar-refractivity contribution in [3.05, 3.63) is 72.2 Å². The number of phenolic OH excluding ortho intramolecular Hbond substituents is 1. The molecule has 0 aliphatic carbocycles. The van der Waals surface area contributed by atoms with Crippen molar-refractivity contribution in [2.45, 2.75) is 6.42 Å². The second-order valence-corrected chi connectivity index (χ2v) is 5.17. The molecule has 0 fully saturated rings. The first-order valence-corrected chi connectivity index (χ1v) is 7.05. The number of hydrogen-bond donors (Lipinski definition) is 2. The smallest absolute Gasteiger partial charge is 0.153 e. The van der Waals surface area contributed by atoms with Crippen LogP contribution in [0.25, 0.3) is 17.0 Å². The molecule has 0 saturated carbocycles. The van der Waals surface area contributed by atoms with Gasteiger partial charge in [-0.05, 0) is 42.0 Å². The molecule has 3 heterocycles. The van der Waals surface area contributed by atoms with Crippen LogP contribution in [-0.4, -0.2) is 24.7 Å². The van der Waals surface area contributed by atoms with E-state index in [1.807, 2.05) is 53.3 Å². The zero-order chi connectivity index (χ0) is 14.9. The first kappa shape index (κ1) is 12.6. The molecule has 0 unspecified atom stereocenters. The van der Waals surface area contributed by atoms with E-state index in [-0.39, 0.29) is 5.75 Å². The van der Waals surface area contributed by atoms with Crippen LogP contribution >= 0.6 is 0 Å². The fourth-order valence-corrected chi connectivity index (χ4v) is 2.50. The van der Waals surface area contributed by atoms with E-state index < -0.39 is 0 Å². The van der Waals surface area contributed by atoms with Crippen LogP contribution in [0.15, 0.2) is 60.9 Å². The van der Waals surface area contributed by atoms with Crippen molar-refractivity contribution in [1.29, 1.82) is 0 Å². The average Bonchev–Trinajstić information content (AvgIpc) is 3.19. The number of imidazole rings is 1. The summed E-state index contributed by atoms with van der Waals surface area (Å²) in [7, 11) is 0. The second-order valence-electron chi connectivity index (χ2n) is 5.17. The summed E-state index contributed by atoms with van der Waals surface area (Å²) in [5.41, 5.74) is 4.79. The third-order valence-electron chi connectivity index (χ3n) is 3.63. The number of nitrogens with one attached hydrogen (secondary N) is 1. The van der Waals surface area contributed by atoms with Crippen molar-refractivity contribution in [3.8, 4) is 17.1 Å². The fourth-order valence-electron chi connectivity index (χ4n) is 2.50. The third-order valence-corrected chi connectivity index (χ3v) is 3.63. The molecule has 2 N–H and O–H groups in total. The second kappa shape index (κ2) is 5.04. The minimum Gasteiger partial charge on any atom is -0.508 e. The number of aromatic amines is 1. The van der Waals surface area contributed by atoms with Gasteiger partial charge < -0.3 is 10.1 Å². The topological polar surface area (TPSA) is 66.2 Å². The van der Waals surface area contributed by atoms with E-state index >= 15 is 0 Å². The highest BCUT2D eigenvalue weighted by molar-refractivity contribution is 5.56. The van der Waals surface area contributed by atoms with E-state index in [1.54, 1.807) is 12.1 Å². The van der Waals surface area contributed by atoms with E-state index in [1.165, 1.54) is 0 Å². The Balaban J connectivity index is 1.74. The highest BCUT2D eigenvalue weighted by Gasteiger charge is 2.08. The van der Waals surface area contributed by atoms with Crippen LogP contribution in [0, 0.1) is 0 Å². The van der Waals surface area contributed by atoms with Crippen LogP contribution in [0.2, 0.25) is 0 Å². The van der Waals surface area contributed by atoms with Crippen molar-refractivity contribution < 1.29 is 5.11 Å². The third kappa shape index (κ3) is 2.22. The molecule has 22 heavy (non-hydrogen) atoms. The van der Waals surface area contributed by atoms with Gasteiger partial charge in [-0.2, -0.15) is 5.10 Å². The molecular formula is C17H14N4O.